The van der Waals surface area contributed by atoms with Gasteiger partial charge >= 0.3 is 5.97 Å². The van der Waals surface area contributed by atoms with Crippen molar-refractivity contribution in [3.8, 4) is 0 Å². The largest absolute Gasteiger partial charge is 0.480 e. The lowest BCUT2D eigenvalue weighted by Gasteiger charge is -2.32. The number of rotatable bonds is 5. The molecule has 1 aliphatic rings. The van der Waals surface area contributed by atoms with Crippen molar-refractivity contribution >= 4 is 13.3 Å². The second-order valence-electron chi connectivity index (χ2n) is 4.82. The average Bonchev–Trinajstić information content (AvgIpc) is 2.39. The summed E-state index contributed by atoms with van der Waals surface area (Å²) in [6.45, 7) is 0.491. The predicted octanol–water partition coefficient (Wildman–Crippen LogP) is 1.78. The maximum absolute atomic E-state index is 12.3. The third-order valence-corrected chi connectivity index (χ3v) is 6.56. The van der Waals surface area contributed by atoms with Crippen LogP contribution in [0.2, 0.25) is 0 Å². The molecule has 0 saturated carbocycles. The van der Waals surface area contributed by atoms with E-state index in [0.29, 0.717) is 32.2 Å². The van der Waals surface area contributed by atoms with Crippen molar-refractivity contribution in [1.82, 2.24) is 0 Å². The van der Waals surface area contributed by atoms with E-state index < -0.39 is 18.5 Å². The van der Waals surface area contributed by atoms with E-state index in [-0.39, 0.29) is 12.6 Å². The van der Waals surface area contributed by atoms with Gasteiger partial charge in [0.25, 0.3) is 0 Å². The minimum atomic E-state index is -3.61. The molecule has 0 aromatic heterocycles. The Balaban J connectivity index is 2.93. The summed E-state index contributed by atoms with van der Waals surface area (Å²) in [4.78, 5) is 21.6. The van der Waals surface area contributed by atoms with Crippen molar-refractivity contribution in [2.24, 2.45) is 5.73 Å². The SMILES string of the molecule is NCCCCC1(C(=O)O)CCCCCP1(=O)O. The Hall–Kier alpha value is -0.380. The second-order valence-corrected chi connectivity index (χ2v) is 7.52. The monoisotopic (exact) mass is 263 g/mol. The van der Waals surface area contributed by atoms with E-state index in [1.807, 2.05) is 0 Å². The minimum absolute atomic E-state index is 0.141. The van der Waals surface area contributed by atoms with Crippen LogP contribution in [-0.2, 0) is 9.36 Å². The van der Waals surface area contributed by atoms with Gasteiger partial charge in [0.15, 0.2) is 0 Å². The number of hydrogen-bond donors (Lipinski definition) is 3. The van der Waals surface area contributed by atoms with Crippen LogP contribution in [0, 0.1) is 0 Å². The van der Waals surface area contributed by atoms with Crippen molar-refractivity contribution in [2.45, 2.75) is 50.1 Å². The van der Waals surface area contributed by atoms with Gasteiger partial charge in [-0.05, 0) is 32.2 Å². The van der Waals surface area contributed by atoms with Gasteiger partial charge in [-0.15, -0.1) is 0 Å². The molecule has 1 heterocycles. The van der Waals surface area contributed by atoms with Crippen molar-refractivity contribution in [2.75, 3.05) is 12.7 Å². The molecule has 0 aromatic rings. The molecular weight excluding hydrogens is 241 g/mol. The molecule has 2 unspecified atom stereocenters. The quantitative estimate of drug-likeness (QED) is 0.518. The summed E-state index contributed by atoms with van der Waals surface area (Å²) >= 11 is 0. The lowest BCUT2D eigenvalue weighted by atomic mass is 9.94. The lowest BCUT2D eigenvalue weighted by Crippen LogP contribution is -2.38. The van der Waals surface area contributed by atoms with E-state index in [9.17, 15) is 19.4 Å². The van der Waals surface area contributed by atoms with E-state index in [1.54, 1.807) is 0 Å². The van der Waals surface area contributed by atoms with Gasteiger partial charge in [-0.1, -0.05) is 19.3 Å². The molecule has 1 aliphatic heterocycles. The zero-order valence-corrected chi connectivity index (χ0v) is 11.0. The number of carboxylic acid groups (broad SMARTS) is 1. The van der Waals surface area contributed by atoms with Gasteiger partial charge in [0.1, 0.15) is 5.16 Å². The molecule has 1 fully saturated rings. The first-order valence-electron chi connectivity index (χ1n) is 6.22. The van der Waals surface area contributed by atoms with Gasteiger partial charge in [0.2, 0.25) is 7.37 Å². The smallest absolute Gasteiger partial charge is 0.319 e. The Morgan fingerprint density at radius 3 is 2.59 bits per heavy atom. The standard InChI is InChI=1S/C11H22NO4P/c12-8-4-3-7-11(10(13)14)6-2-1-5-9-17(11,15)16/h1-9,12H2,(H,13,14)(H,15,16). The van der Waals surface area contributed by atoms with Crippen LogP contribution in [-0.4, -0.2) is 33.8 Å². The van der Waals surface area contributed by atoms with Crippen LogP contribution in [0.25, 0.3) is 0 Å². The van der Waals surface area contributed by atoms with Crippen molar-refractivity contribution in [1.29, 1.82) is 0 Å². The van der Waals surface area contributed by atoms with Gasteiger partial charge in [-0.3, -0.25) is 9.36 Å². The molecule has 17 heavy (non-hydrogen) atoms. The number of hydrogen-bond acceptors (Lipinski definition) is 3. The summed E-state index contributed by atoms with van der Waals surface area (Å²) in [5, 5.41) is 7.97. The number of carbonyl (C=O) groups is 1. The lowest BCUT2D eigenvalue weighted by molar-refractivity contribution is -0.141. The Labute approximate surface area is 102 Å². The number of aliphatic carboxylic acids is 1. The van der Waals surface area contributed by atoms with Crippen molar-refractivity contribution < 1.29 is 19.4 Å². The molecular formula is C11H22NO4P. The van der Waals surface area contributed by atoms with E-state index in [4.69, 9.17) is 5.73 Å². The number of unbranched alkanes of at least 4 members (excludes halogenated alkanes) is 1. The maximum atomic E-state index is 12.3. The molecule has 0 spiro atoms. The summed E-state index contributed by atoms with van der Waals surface area (Å²) in [5.74, 6) is -1.11. The van der Waals surface area contributed by atoms with Gasteiger partial charge < -0.3 is 15.7 Å². The van der Waals surface area contributed by atoms with E-state index in [2.05, 4.69) is 0 Å². The van der Waals surface area contributed by atoms with Crippen molar-refractivity contribution in [3.05, 3.63) is 0 Å². The highest BCUT2D eigenvalue weighted by molar-refractivity contribution is 7.60. The van der Waals surface area contributed by atoms with Gasteiger partial charge in [0, 0.05) is 6.16 Å². The number of nitrogens with two attached hydrogens (primary N) is 1. The fraction of sp³-hybridized carbons (Fsp3) is 0.909. The van der Waals surface area contributed by atoms with Crippen LogP contribution < -0.4 is 5.73 Å². The first-order valence-corrected chi connectivity index (χ1v) is 8.06. The Morgan fingerprint density at radius 1 is 1.29 bits per heavy atom. The Morgan fingerprint density at radius 2 is 2.00 bits per heavy atom. The molecule has 0 radical (unpaired) electrons. The highest BCUT2D eigenvalue weighted by Crippen LogP contribution is 2.61. The molecule has 0 aromatic carbocycles. The number of carboxylic acids is 1. The first kappa shape index (κ1) is 14.7. The molecule has 4 N–H and O–H groups in total. The molecule has 100 valence electrons. The normalized spacial score (nSPS) is 34.2. The average molecular weight is 263 g/mol. The maximum Gasteiger partial charge on any atom is 0.319 e. The summed E-state index contributed by atoms with van der Waals surface area (Å²) in [5.41, 5.74) is 5.38. The minimum Gasteiger partial charge on any atom is -0.480 e. The van der Waals surface area contributed by atoms with Crippen LogP contribution in [0.1, 0.15) is 44.9 Å². The third kappa shape index (κ3) is 3.09. The van der Waals surface area contributed by atoms with Crippen LogP contribution in [0.3, 0.4) is 0 Å². The van der Waals surface area contributed by atoms with E-state index >= 15 is 0 Å². The second kappa shape index (κ2) is 5.98. The summed E-state index contributed by atoms with van der Waals surface area (Å²) < 4.78 is 12.3. The molecule has 0 bridgehead atoms. The molecule has 0 amide bonds. The summed E-state index contributed by atoms with van der Waals surface area (Å²) in [6, 6.07) is 0. The zero-order valence-electron chi connectivity index (χ0n) is 10.1. The van der Waals surface area contributed by atoms with Crippen LogP contribution in [0.15, 0.2) is 0 Å². The summed E-state index contributed by atoms with van der Waals surface area (Å²) in [7, 11) is -3.61. The molecule has 1 rings (SSSR count). The van der Waals surface area contributed by atoms with E-state index in [1.165, 1.54) is 0 Å². The predicted molar refractivity (Wildman–Crippen MR) is 66.4 cm³/mol. The highest BCUT2D eigenvalue weighted by Gasteiger charge is 2.53. The highest BCUT2D eigenvalue weighted by atomic mass is 31.2. The van der Waals surface area contributed by atoms with Crippen LogP contribution in [0.4, 0.5) is 0 Å². The Bertz CT molecular complexity index is 321. The van der Waals surface area contributed by atoms with Gasteiger partial charge in [0.05, 0.1) is 0 Å². The Kier molecular flexibility index (Phi) is 5.17. The van der Waals surface area contributed by atoms with Gasteiger partial charge in [-0.2, -0.15) is 0 Å². The fourth-order valence-corrected chi connectivity index (χ4v) is 4.93. The zero-order chi connectivity index (χ0) is 12.9. The molecule has 0 aliphatic carbocycles. The van der Waals surface area contributed by atoms with Crippen LogP contribution in [0.5, 0.6) is 0 Å². The fourth-order valence-electron chi connectivity index (χ4n) is 2.53. The first-order chi connectivity index (χ1) is 7.96. The molecule has 2 atom stereocenters. The molecule has 1 saturated heterocycles. The summed E-state index contributed by atoms with van der Waals surface area (Å²) in [6.07, 6.45) is 4.26. The van der Waals surface area contributed by atoms with Crippen molar-refractivity contribution in [3.63, 3.8) is 0 Å². The van der Waals surface area contributed by atoms with E-state index in [0.717, 1.165) is 12.8 Å². The third-order valence-electron chi connectivity index (χ3n) is 3.66. The van der Waals surface area contributed by atoms with Crippen LogP contribution >= 0.6 is 7.37 Å². The molecule has 6 heteroatoms. The topological polar surface area (TPSA) is 101 Å². The van der Waals surface area contributed by atoms with Gasteiger partial charge in [-0.25, -0.2) is 0 Å². The molecule has 5 nitrogen and oxygen atoms in total.